The van der Waals surface area contributed by atoms with E-state index in [-0.39, 0.29) is 12.5 Å². The van der Waals surface area contributed by atoms with Crippen LogP contribution in [-0.2, 0) is 9.53 Å². The molecule has 1 amide bonds. The summed E-state index contributed by atoms with van der Waals surface area (Å²) in [4.78, 5) is 17.8. The Morgan fingerprint density at radius 3 is 2.94 bits per heavy atom. The SMILES string of the molecule is COCCNC(=O)CN(C)c1ncc(Br)cc1C. The number of amides is 1. The van der Waals surface area contributed by atoms with Crippen molar-refractivity contribution < 1.29 is 9.53 Å². The number of nitrogens with one attached hydrogen (secondary N) is 1. The summed E-state index contributed by atoms with van der Waals surface area (Å²) in [6.45, 7) is 3.28. The molecule has 0 saturated heterocycles. The maximum Gasteiger partial charge on any atom is 0.239 e. The first kappa shape index (κ1) is 14.9. The molecule has 0 aromatic carbocycles. The van der Waals surface area contributed by atoms with E-state index in [2.05, 4.69) is 26.2 Å². The van der Waals surface area contributed by atoms with Crippen LogP contribution in [0.15, 0.2) is 16.7 Å². The van der Waals surface area contributed by atoms with Crippen LogP contribution in [0, 0.1) is 6.92 Å². The topological polar surface area (TPSA) is 54.5 Å². The number of anilines is 1. The van der Waals surface area contributed by atoms with Gasteiger partial charge in [-0.15, -0.1) is 0 Å². The number of aryl methyl sites for hydroxylation is 1. The lowest BCUT2D eigenvalue weighted by molar-refractivity contribution is -0.119. The third kappa shape index (κ3) is 4.62. The van der Waals surface area contributed by atoms with Crippen molar-refractivity contribution in [1.29, 1.82) is 0 Å². The fraction of sp³-hybridized carbons (Fsp3) is 0.500. The van der Waals surface area contributed by atoms with E-state index in [0.29, 0.717) is 13.2 Å². The van der Waals surface area contributed by atoms with Gasteiger partial charge in [0.15, 0.2) is 0 Å². The third-order valence-electron chi connectivity index (χ3n) is 2.39. The maximum absolute atomic E-state index is 11.6. The largest absolute Gasteiger partial charge is 0.383 e. The van der Waals surface area contributed by atoms with Crippen molar-refractivity contribution in [2.45, 2.75) is 6.92 Å². The highest BCUT2D eigenvalue weighted by Crippen LogP contribution is 2.19. The number of halogens is 1. The zero-order chi connectivity index (χ0) is 13.5. The second-order valence-corrected chi connectivity index (χ2v) is 4.91. The van der Waals surface area contributed by atoms with Gasteiger partial charge in [-0.2, -0.15) is 0 Å². The van der Waals surface area contributed by atoms with Crippen molar-refractivity contribution >= 4 is 27.7 Å². The highest BCUT2D eigenvalue weighted by Gasteiger charge is 2.10. The van der Waals surface area contributed by atoms with Gasteiger partial charge in [-0.25, -0.2) is 4.98 Å². The van der Waals surface area contributed by atoms with E-state index < -0.39 is 0 Å². The number of hydrogen-bond donors (Lipinski definition) is 1. The predicted molar refractivity (Wildman–Crippen MR) is 74.8 cm³/mol. The summed E-state index contributed by atoms with van der Waals surface area (Å²) in [6.07, 6.45) is 1.72. The van der Waals surface area contributed by atoms with Crippen LogP contribution >= 0.6 is 15.9 Å². The maximum atomic E-state index is 11.6. The minimum Gasteiger partial charge on any atom is -0.383 e. The van der Waals surface area contributed by atoms with Gasteiger partial charge in [-0.1, -0.05) is 0 Å². The normalized spacial score (nSPS) is 10.2. The Morgan fingerprint density at radius 1 is 1.61 bits per heavy atom. The van der Waals surface area contributed by atoms with Crippen molar-refractivity contribution in [2.24, 2.45) is 0 Å². The van der Waals surface area contributed by atoms with Crippen LogP contribution in [0.25, 0.3) is 0 Å². The number of rotatable bonds is 6. The van der Waals surface area contributed by atoms with Crippen LogP contribution in [0.2, 0.25) is 0 Å². The lowest BCUT2D eigenvalue weighted by Gasteiger charge is -2.19. The third-order valence-corrected chi connectivity index (χ3v) is 2.82. The molecule has 0 unspecified atom stereocenters. The zero-order valence-corrected chi connectivity index (χ0v) is 12.5. The number of likely N-dealkylation sites (N-methyl/N-ethyl adjacent to an activating group) is 1. The molecule has 0 aliphatic carbocycles. The molecule has 0 aliphatic heterocycles. The number of hydrogen-bond acceptors (Lipinski definition) is 4. The van der Waals surface area contributed by atoms with Gasteiger partial charge < -0.3 is 15.0 Å². The Morgan fingerprint density at radius 2 is 2.33 bits per heavy atom. The molecular formula is C12H18BrN3O2. The van der Waals surface area contributed by atoms with Crippen molar-refractivity contribution in [3.05, 3.63) is 22.3 Å². The van der Waals surface area contributed by atoms with Crippen LogP contribution in [0.3, 0.4) is 0 Å². The summed E-state index contributed by atoms with van der Waals surface area (Å²) in [5.41, 5.74) is 1.02. The smallest absolute Gasteiger partial charge is 0.239 e. The average Bonchev–Trinajstić information content (AvgIpc) is 2.28. The summed E-state index contributed by atoms with van der Waals surface area (Å²) in [6, 6.07) is 1.97. The molecule has 0 saturated carbocycles. The van der Waals surface area contributed by atoms with Gasteiger partial charge in [0.1, 0.15) is 5.82 Å². The highest BCUT2D eigenvalue weighted by atomic mass is 79.9. The molecule has 1 aromatic heterocycles. The minimum atomic E-state index is -0.0429. The fourth-order valence-corrected chi connectivity index (χ4v) is 2.02. The lowest BCUT2D eigenvalue weighted by atomic mass is 10.3. The van der Waals surface area contributed by atoms with Crippen molar-refractivity contribution in [1.82, 2.24) is 10.3 Å². The summed E-state index contributed by atoms with van der Waals surface area (Å²) in [7, 11) is 3.45. The first-order chi connectivity index (χ1) is 8.54. The standard InChI is InChI=1S/C12H18BrN3O2/c1-9-6-10(13)7-15-12(9)16(2)8-11(17)14-4-5-18-3/h6-7H,4-5,8H2,1-3H3,(H,14,17). The molecule has 1 aromatic rings. The quantitative estimate of drug-likeness (QED) is 0.805. The van der Waals surface area contributed by atoms with Crippen LogP contribution in [-0.4, -0.2) is 44.7 Å². The van der Waals surface area contributed by atoms with Crippen LogP contribution < -0.4 is 10.2 Å². The molecule has 1 heterocycles. The van der Waals surface area contributed by atoms with Crippen molar-refractivity contribution in [3.8, 4) is 0 Å². The van der Waals surface area contributed by atoms with Gasteiger partial charge in [-0.3, -0.25) is 4.79 Å². The molecule has 0 aliphatic rings. The molecule has 0 radical (unpaired) electrons. The Balaban J connectivity index is 2.54. The number of pyridine rings is 1. The molecule has 0 atom stereocenters. The van der Waals surface area contributed by atoms with E-state index in [1.807, 2.05) is 24.9 Å². The molecule has 1 N–H and O–H groups in total. The number of aromatic nitrogens is 1. The van der Waals surface area contributed by atoms with Crippen molar-refractivity contribution in [2.75, 3.05) is 38.8 Å². The number of carbonyl (C=O) groups excluding carboxylic acids is 1. The van der Waals surface area contributed by atoms with E-state index in [0.717, 1.165) is 15.9 Å². The summed E-state index contributed by atoms with van der Waals surface area (Å²) in [5, 5.41) is 2.77. The predicted octanol–water partition coefficient (Wildman–Crippen LogP) is 1.35. The highest BCUT2D eigenvalue weighted by molar-refractivity contribution is 9.10. The lowest BCUT2D eigenvalue weighted by Crippen LogP contribution is -2.37. The summed E-state index contributed by atoms with van der Waals surface area (Å²) in [5.74, 6) is 0.763. The van der Waals surface area contributed by atoms with Gasteiger partial charge in [0.05, 0.1) is 13.2 Å². The zero-order valence-electron chi connectivity index (χ0n) is 10.9. The van der Waals surface area contributed by atoms with E-state index in [9.17, 15) is 4.79 Å². The summed E-state index contributed by atoms with van der Waals surface area (Å²) >= 11 is 3.36. The van der Waals surface area contributed by atoms with Gasteiger partial charge in [0, 0.05) is 31.4 Å². The summed E-state index contributed by atoms with van der Waals surface area (Å²) < 4.78 is 5.80. The van der Waals surface area contributed by atoms with Crippen LogP contribution in [0.4, 0.5) is 5.82 Å². The van der Waals surface area contributed by atoms with E-state index in [1.165, 1.54) is 0 Å². The van der Waals surface area contributed by atoms with Gasteiger partial charge in [-0.05, 0) is 34.5 Å². The monoisotopic (exact) mass is 315 g/mol. The molecule has 100 valence electrons. The molecular weight excluding hydrogens is 298 g/mol. The van der Waals surface area contributed by atoms with Crippen molar-refractivity contribution in [3.63, 3.8) is 0 Å². The molecule has 0 fully saturated rings. The van der Waals surface area contributed by atoms with Crippen LogP contribution in [0.1, 0.15) is 5.56 Å². The first-order valence-corrected chi connectivity index (χ1v) is 6.43. The number of nitrogens with zero attached hydrogens (tertiary/aromatic N) is 2. The Bertz CT molecular complexity index is 412. The number of carbonyl (C=O) groups is 1. The second kappa shape index (κ2) is 7.33. The molecule has 0 spiro atoms. The van der Waals surface area contributed by atoms with Gasteiger partial charge in [0.2, 0.25) is 5.91 Å². The molecule has 6 heteroatoms. The average molecular weight is 316 g/mol. The molecule has 1 rings (SSSR count). The minimum absolute atomic E-state index is 0.0429. The number of ether oxygens (including phenoxy) is 1. The Labute approximate surface area is 116 Å². The first-order valence-electron chi connectivity index (χ1n) is 5.63. The molecule has 18 heavy (non-hydrogen) atoms. The van der Waals surface area contributed by atoms with E-state index in [1.54, 1.807) is 13.3 Å². The Hall–Kier alpha value is -1.14. The van der Waals surface area contributed by atoms with E-state index >= 15 is 0 Å². The van der Waals surface area contributed by atoms with Crippen LogP contribution in [0.5, 0.6) is 0 Å². The van der Waals surface area contributed by atoms with E-state index in [4.69, 9.17) is 4.74 Å². The fourth-order valence-electron chi connectivity index (χ4n) is 1.57. The van der Waals surface area contributed by atoms with Gasteiger partial charge >= 0.3 is 0 Å². The Kier molecular flexibility index (Phi) is 6.07. The molecule has 0 bridgehead atoms. The van der Waals surface area contributed by atoms with Gasteiger partial charge in [0.25, 0.3) is 0 Å². The molecule has 5 nitrogen and oxygen atoms in total. The second-order valence-electron chi connectivity index (χ2n) is 3.99. The number of methoxy groups -OCH3 is 1.